The molecule has 0 amide bonds. The molecule has 2 fully saturated rings. The zero-order chi connectivity index (χ0) is 20.1. The SMILES string of the molecule is Fc1ccc(CN2CCCC(c3ccnc(SCCN4CCCC4)n3)C2)cc1F. The molecule has 4 rings (SSSR count). The Labute approximate surface area is 175 Å². The highest BCUT2D eigenvalue weighted by Crippen LogP contribution is 2.28. The number of nitrogens with zero attached hydrogens (tertiary/aromatic N) is 4. The van der Waals surface area contributed by atoms with Gasteiger partial charge in [0.1, 0.15) is 0 Å². The van der Waals surface area contributed by atoms with Gasteiger partial charge in [0, 0.05) is 43.2 Å². The lowest BCUT2D eigenvalue weighted by molar-refractivity contribution is 0.198. The summed E-state index contributed by atoms with van der Waals surface area (Å²) in [7, 11) is 0. The highest BCUT2D eigenvalue weighted by molar-refractivity contribution is 7.99. The third-order valence-corrected chi connectivity index (χ3v) is 6.65. The van der Waals surface area contributed by atoms with Crippen molar-refractivity contribution in [3.8, 4) is 0 Å². The Kier molecular flexibility index (Phi) is 7.11. The molecule has 1 aromatic carbocycles. The molecule has 1 aromatic heterocycles. The quantitative estimate of drug-likeness (QED) is 0.494. The van der Waals surface area contributed by atoms with E-state index in [2.05, 4.69) is 14.8 Å². The van der Waals surface area contributed by atoms with Crippen molar-refractivity contribution in [3.05, 3.63) is 53.4 Å². The van der Waals surface area contributed by atoms with E-state index in [9.17, 15) is 8.78 Å². The van der Waals surface area contributed by atoms with Crippen LogP contribution in [0.25, 0.3) is 0 Å². The van der Waals surface area contributed by atoms with Crippen LogP contribution < -0.4 is 0 Å². The van der Waals surface area contributed by atoms with Crippen molar-refractivity contribution in [3.63, 3.8) is 0 Å². The van der Waals surface area contributed by atoms with Gasteiger partial charge in [0.05, 0.1) is 0 Å². The fourth-order valence-electron chi connectivity index (χ4n) is 4.26. The standard InChI is InChI=1S/C22H28F2N4S/c23-19-6-5-17(14-20(19)24)15-28-11-3-4-18(16-28)21-7-8-25-22(26-21)29-13-12-27-9-1-2-10-27/h5-8,14,18H,1-4,9-13,15-16H2. The van der Waals surface area contributed by atoms with Gasteiger partial charge in [0.15, 0.2) is 16.8 Å². The minimum absolute atomic E-state index is 0.356. The van der Waals surface area contributed by atoms with Gasteiger partial charge in [-0.2, -0.15) is 0 Å². The summed E-state index contributed by atoms with van der Waals surface area (Å²) < 4.78 is 26.7. The summed E-state index contributed by atoms with van der Waals surface area (Å²) in [5.74, 6) is -0.186. The first-order chi connectivity index (χ1) is 14.2. The van der Waals surface area contributed by atoms with Crippen LogP contribution in [-0.2, 0) is 6.54 Å². The number of rotatable bonds is 7. The maximum Gasteiger partial charge on any atom is 0.187 e. The van der Waals surface area contributed by atoms with Crippen molar-refractivity contribution in [1.29, 1.82) is 0 Å². The summed E-state index contributed by atoms with van der Waals surface area (Å²) in [6, 6.07) is 6.21. The third-order valence-electron chi connectivity index (χ3n) is 5.81. The van der Waals surface area contributed by atoms with Gasteiger partial charge in [-0.15, -0.1) is 0 Å². The highest BCUT2D eigenvalue weighted by atomic mass is 32.2. The molecule has 0 bridgehead atoms. The first-order valence-electron chi connectivity index (χ1n) is 10.5. The smallest absolute Gasteiger partial charge is 0.187 e. The van der Waals surface area contributed by atoms with Crippen LogP contribution in [0.3, 0.4) is 0 Å². The van der Waals surface area contributed by atoms with Gasteiger partial charge < -0.3 is 4.90 Å². The van der Waals surface area contributed by atoms with Crippen LogP contribution in [0.1, 0.15) is 42.9 Å². The number of piperidine rings is 1. The molecular weight excluding hydrogens is 390 g/mol. The fraction of sp³-hybridized carbons (Fsp3) is 0.545. The van der Waals surface area contributed by atoms with Crippen molar-refractivity contribution in [2.75, 3.05) is 38.5 Å². The summed E-state index contributed by atoms with van der Waals surface area (Å²) in [5.41, 5.74) is 1.91. The molecule has 4 nitrogen and oxygen atoms in total. The van der Waals surface area contributed by atoms with Crippen LogP contribution in [0.15, 0.2) is 35.6 Å². The molecule has 0 N–H and O–H groups in total. The Morgan fingerprint density at radius 2 is 1.83 bits per heavy atom. The van der Waals surface area contributed by atoms with Gasteiger partial charge in [-0.25, -0.2) is 18.7 Å². The van der Waals surface area contributed by atoms with Crippen LogP contribution >= 0.6 is 11.8 Å². The Balaban J connectivity index is 1.33. The minimum Gasteiger partial charge on any atom is -0.303 e. The van der Waals surface area contributed by atoms with E-state index in [4.69, 9.17) is 4.98 Å². The number of halogens is 2. The monoisotopic (exact) mass is 418 g/mol. The predicted molar refractivity (Wildman–Crippen MR) is 112 cm³/mol. The molecule has 156 valence electrons. The van der Waals surface area contributed by atoms with Gasteiger partial charge in [-0.3, -0.25) is 4.90 Å². The van der Waals surface area contributed by atoms with Gasteiger partial charge in [-0.05, 0) is 69.1 Å². The van der Waals surface area contributed by atoms with E-state index in [1.54, 1.807) is 17.8 Å². The Hall–Kier alpha value is -1.57. The summed E-state index contributed by atoms with van der Waals surface area (Å²) >= 11 is 1.74. The predicted octanol–water partition coefficient (Wildman–Crippen LogP) is 4.32. The van der Waals surface area contributed by atoms with Crippen molar-refractivity contribution < 1.29 is 8.78 Å². The molecule has 3 heterocycles. The van der Waals surface area contributed by atoms with Gasteiger partial charge in [0.2, 0.25) is 0 Å². The fourth-order valence-corrected chi connectivity index (χ4v) is 5.10. The molecule has 1 atom stereocenters. The molecule has 29 heavy (non-hydrogen) atoms. The topological polar surface area (TPSA) is 32.3 Å². The first-order valence-corrected chi connectivity index (χ1v) is 11.5. The molecule has 0 radical (unpaired) electrons. The number of thioether (sulfide) groups is 1. The molecule has 2 saturated heterocycles. The van der Waals surface area contributed by atoms with E-state index >= 15 is 0 Å². The van der Waals surface area contributed by atoms with Crippen molar-refractivity contribution in [1.82, 2.24) is 19.8 Å². The number of aromatic nitrogens is 2. The normalized spacial score (nSPS) is 21.0. The third kappa shape index (κ3) is 5.74. The zero-order valence-corrected chi connectivity index (χ0v) is 17.5. The average molecular weight is 419 g/mol. The van der Waals surface area contributed by atoms with E-state index < -0.39 is 11.6 Å². The largest absolute Gasteiger partial charge is 0.303 e. The lowest BCUT2D eigenvalue weighted by Gasteiger charge is -2.32. The van der Waals surface area contributed by atoms with Gasteiger partial charge in [-0.1, -0.05) is 17.8 Å². The van der Waals surface area contributed by atoms with E-state index in [0.717, 1.165) is 54.6 Å². The summed E-state index contributed by atoms with van der Waals surface area (Å²) in [5, 5.41) is 0.861. The molecule has 2 aliphatic rings. The number of hydrogen-bond donors (Lipinski definition) is 0. The Morgan fingerprint density at radius 1 is 1.00 bits per heavy atom. The van der Waals surface area contributed by atoms with Crippen molar-refractivity contribution >= 4 is 11.8 Å². The molecular formula is C22H28F2N4S. The molecule has 2 aliphatic heterocycles. The number of benzene rings is 1. The number of likely N-dealkylation sites (tertiary alicyclic amines) is 2. The van der Waals surface area contributed by atoms with E-state index in [1.165, 1.54) is 38.1 Å². The van der Waals surface area contributed by atoms with Crippen LogP contribution in [0.2, 0.25) is 0 Å². The van der Waals surface area contributed by atoms with Crippen LogP contribution in [0.5, 0.6) is 0 Å². The van der Waals surface area contributed by atoms with Crippen LogP contribution in [-0.4, -0.2) is 58.2 Å². The van der Waals surface area contributed by atoms with Gasteiger partial charge in [0.25, 0.3) is 0 Å². The van der Waals surface area contributed by atoms with E-state index in [0.29, 0.717) is 12.5 Å². The molecule has 1 unspecified atom stereocenters. The van der Waals surface area contributed by atoms with Crippen LogP contribution in [0.4, 0.5) is 8.78 Å². The summed E-state index contributed by atoms with van der Waals surface area (Å²) in [4.78, 5) is 14.1. The Bertz CT molecular complexity index is 813. The molecule has 0 spiro atoms. The molecule has 0 saturated carbocycles. The average Bonchev–Trinajstić information content (AvgIpc) is 3.25. The molecule has 2 aromatic rings. The lowest BCUT2D eigenvalue weighted by atomic mass is 9.94. The second-order valence-electron chi connectivity index (χ2n) is 7.98. The Morgan fingerprint density at radius 3 is 2.66 bits per heavy atom. The summed E-state index contributed by atoms with van der Waals surface area (Å²) in [6.45, 7) is 6.03. The van der Waals surface area contributed by atoms with Gasteiger partial charge >= 0.3 is 0 Å². The summed E-state index contributed by atoms with van der Waals surface area (Å²) in [6.07, 6.45) is 6.69. The second kappa shape index (κ2) is 9.96. The highest BCUT2D eigenvalue weighted by Gasteiger charge is 2.23. The van der Waals surface area contributed by atoms with E-state index in [-0.39, 0.29) is 0 Å². The van der Waals surface area contributed by atoms with E-state index in [1.807, 2.05) is 12.3 Å². The second-order valence-corrected chi connectivity index (χ2v) is 9.05. The van der Waals surface area contributed by atoms with Crippen molar-refractivity contribution in [2.24, 2.45) is 0 Å². The molecule has 7 heteroatoms. The van der Waals surface area contributed by atoms with Crippen LogP contribution in [0, 0.1) is 11.6 Å². The minimum atomic E-state index is -0.791. The number of hydrogen-bond acceptors (Lipinski definition) is 5. The first kappa shape index (κ1) is 20.7. The molecule has 0 aliphatic carbocycles. The maximum atomic E-state index is 13.5. The maximum absolute atomic E-state index is 13.5. The lowest BCUT2D eigenvalue weighted by Crippen LogP contribution is -2.34. The zero-order valence-electron chi connectivity index (χ0n) is 16.7. The van der Waals surface area contributed by atoms with Crippen molar-refractivity contribution in [2.45, 2.75) is 43.3 Å².